The molecule has 0 atom stereocenters. The van der Waals surface area contributed by atoms with Crippen molar-refractivity contribution >= 4 is 28.8 Å². The van der Waals surface area contributed by atoms with Crippen LogP contribution in [-0.4, -0.2) is 4.99 Å². The maximum Gasteiger partial charge on any atom is 0.139 e. The summed E-state index contributed by atoms with van der Waals surface area (Å²) in [5.41, 5.74) is 7.95. The zero-order chi connectivity index (χ0) is 15.6. The van der Waals surface area contributed by atoms with Crippen LogP contribution in [0.2, 0.25) is 5.02 Å². The molecular weight excluding hydrogens is 309 g/mol. The monoisotopic (exact) mass is 323 g/mol. The standard InChI is InChI=1S/C16H15ClFNOS/c1-9-6-12(17)7-10(2)15(9)20-8-11-4-3-5-13(14(11)18)16(19)21/h3-7H,8H2,1-2H3,(H2,19,21). The molecule has 0 saturated heterocycles. The molecule has 0 aromatic heterocycles. The number of halogens is 2. The predicted octanol–water partition coefficient (Wildman–Crippen LogP) is 4.31. The van der Waals surface area contributed by atoms with Gasteiger partial charge in [-0.1, -0.05) is 36.0 Å². The van der Waals surface area contributed by atoms with Gasteiger partial charge in [-0.15, -0.1) is 0 Å². The highest BCUT2D eigenvalue weighted by atomic mass is 35.5. The van der Waals surface area contributed by atoms with Crippen molar-refractivity contribution in [1.29, 1.82) is 0 Å². The molecule has 0 radical (unpaired) electrons. The Hall–Kier alpha value is -1.65. The molecule has 0 aliphatic carbocycles. The first-order chi connectivity index (χ1) is 9.90. The van der Waals surface area contributed by atoms with Crippen LogP contribution < -0.4 is 10.5 Å². The Morgan fingerprint density at radius 1 is 1.29 bits per heavy atom. The molecule has 5 heteroatoms. The molecule has 2 rings (SSSR count). The summed E-state index contributed by atoms with van der Waals surface area (Å²) < 4.78 is 20.0. The first-order valence-electron chi connectivity index (χ1n) is 6.37. The Morgan fingerprint density at radius 3 is 2.48 bits per heavy atom. The number of thiocarbonyl (C=S) groups is 1. The van der Waals surface area contributed by atoms with Crippen molar-refractivity contribution in [2.24, 2.45) is 5.73 Å². The van der Waals surface area contributed by atoms with Crippen LogP contribution in [0.3, 0.4) is 0 Å². The van der Waals surface area contributed by atoms with E-state index in [2.05, 4.69) is 0 Å². The first kappa shape index (κ1) is 15.7. The molecule has 0 aliphatic rings. The summed E-state index contributed by atoms with van der Waals surface area (Å²) in [6.45, 7) is 3.90. The number of ether oxygens (including phenoxy) is 1. The summed E-state index contributed by atoms with van der Waals surface area (Å²) in [5.74, 6) is 0.272. The Bertz CT molecular complexity index is 680. The highest BCUT2D eigenvalue weighted by molar-refractivity contribution is 7.80. The zero-order valence-electron chi connectivity index (χ0n) is 11.7. The summed E-state index contributed by atoms with van der Waals surface area (Å²) in [6.07, 6.45) is 0. The highest BCUT2D eigenvalue weighted by Gasteiger charge is 2.12. The van der Waals surface area contributed by atoms with Crippen molar-refractivity contribution in [1.82, 2.24) is 0 Å². The quantitative estimate of drug-likeness (QED) is 0.852. The number of aryl methyl sites for hydroxylation is 2. The van der Waals surface area contributed by atoms with Crippen LogP contribution in [0.4, 0.5) is 4.39 Å². The zero-order valence-corrected chi connectivity index (χ0v) is 13.3. The highest BCUT2D eigenvalue weighted by Crippen LogP contribution is 2.28. The molecule has 2 aromatic carbocycles. The predicted molar refractivity (Wildman–Crippen MR) is 87.5 cm³/mol. The second-order valence-electron chi connectivity index (χ2n) is 4.80. The van der Waals surface area contributed by atoms with E-state index < -0.39 is 5.82 Å². The van der Waals surface area contributed by atoms with Crippen molar-refractivity contribution in [2.75, 3.05) is 0 Å². The third-order valence-corrected chi connectivity index (χ3v) is 3.58. The molecule has 2 aromatic rings. The van der Waals surface area contributed by atoms with Crippen LogP contribution in [-0.2, 0) is 6.61 Å². The van der Waals surface area contributed by atoms with Crippen LogP contribution in [0.1, 0.15) is 22.3 Å². The van der Waals surface area contributed by atoms with Gasteiger partial charge in [-0.25, -0.2) is 4.39 Å². The molecule has 0 amide bonds. The SMILES string of the molecule is Cc1cc(Cl)cc(C)c1OCc1cccc(C(N)=S)c1F. The van der Waals surface area contributed by atoms with E-state index in [1.807, 2.05) is 26.0 Å². The minimum Gasteiger partial charge on any atom is -0.488 e. The van der Waals surface area contributed by atoms with E-state index in [4.69, 9.17) is 34.3 Å². The van der Waals surface area contributed by atoms with Gasteiger partial charge in [0.1, 0.15) is 23.2 Å². The molecule has 110 valence electrons. The van der Waals surface area contributed by atoms with Crippen LogP contribution in [0.5, 0.6) is 5.75 Å². The number of rotatable bonds is 4. The van der Waals surface area contributed by atoms with Crippen LogP contribution >= 0.6 is 23.8 Å². The normalized spacial score (nSPS) is 10.5. The van der Waals surface area contributed by atoms with Gasteiger partial charge in [-0.3, -0.25) is 0 Å². The van der Waals surface area contributed by atoms with Gasteiger partial charge < -0.3 is 10.5 Å². The minimum atomic E-state index is -0.436. The lowest BCUT2D eigenvalue weighted by molar-refractivity contribution is 0.295. The summed E-state index contributed by atoms with van der Waals surface area (Å²) in [6, 6.07) is 8.53. The van der Waals surface area contributed by atoms with Gasteiger partial charge in [0, 0.05) is 16.1 Å². The average Bonchev–Trinajstić information content (AvgIpc) is 2.38. The van der Waals surface area contributed by atoms with Crippen LogP contribution in [0, 0.1) is 19.7 Å². The summed E-state index contributed by atoms with van der Waals surface area (Å²) in [5, 5.41) is 0.652. The lowest BCUT2D eigenvalue weighted by Gasteiger charge is -2.14. The molecule has 0 bridgehead atoms. The fraction of sp³-hybridized carbons (Fsp3) is 0.188. The maximum atomic E-state index is 14.2. The average molecular weight is 324 g/mol. The van der Waals surface area contributed by atoms with Gasteiger partial charge in [0.05, 0.1) is 0 Å². The van der Waals surface area contributed by atoms with Crippen molar-refractivity contribution in [2.45, 2.75) is 20.5 Å². The van der Waals surface area contributed by atoms with Crippen LogP contribution in [0.25, 0.3) is 0 Å². The van der Waals surface area contributed by atoms with E-state index in [1.165, 1.54) is 0 Å². The fourth-order valence-corrected chi connectivity index (χ4v) is 2.64. The Morgan fingerprint density at radius 2 is 1.90 bits per heavy atom. The lowest BCUT2D eigenvalue weighted by Crippen LogP contribution is -2.13. The Kier molecular flexibility index (Phi) is 4.80. The second kappa shape index (κ2) is 6.41. The smallest absolute Gasteiger partial charge is 0.139 e. The molecule has 0 saturated carbocycles. The molecular formula is C16H15ClFNOS. The van der Waals surface area contributed by atoms with E-state index in [0.717, 1.165) is 11.1 Å². The summed E-state index contributed by atoms with van der Waals surface area (Å²) in [4.78, 5) is 0.0354. The van der Waals surface area contributed by atoms with E-state index in [9.17, 15) is 4.39 Å². The maximum absolute atomic E-state index is 14.2. The van der Waals surface area contributed by atoms with Gasteiger partial charge in [0.25, 0.3) is 0 Å². The fourth-order valence-electron chi connectivity index (χ4n) is 2.16. The van der Waals surface area contributed by atoms with Gasteiger partial charge in [0.15, 0.2) is 0 Å². The van der Waals surface area contributed by atoms with Crippen molar-refractivity contribution in [3.63, 3.8) is 0 Å². The van der Waals surface area contributed by atoms with Crippen molar-refractivity contribution in [3.05, 3.63) is 63.4 Å². The van der Waals surface area contributed by atoms with Gasteiger partial charge in [0.2, 0.25) is 0 Å². The lowest BCUT2D eigenvalue weighted by atomic mass is 10.1. The van der Waals surface area contributed by atoms with Crippen molar-refractivity contribution in [3.8, 4) is 5.75 Å². The number of hydrogen-bond donors (Lipinski definition) is 1. The van der Waals surface area contributed by atoms with Crippen LogP contribution in [0.15, 0.2) is 30.3 Å². The van der Waals surface area contributed by atoms with Crippen molar-refractivity contribution < 1.29 is 9.13 Å². The molecule has 2 nitrogen and oxygen atoms in total. The molecule has 0 spiro atoms. The first-order valence-corrected chi connectivity index (χ1v) is 7.15. The second-order valence-corrected chi connectivity index (χ2v) is 5.68. The molecule has 0 unspecified atom stereocenters. The van der Waals surface area contributed by atoms with E-state index >= 15 is 0 Å². The minimum absolute atomic E-state index is 0.0354. The van der Waals surface area contributed by atoms with E-state index in [-0.39, 0.29) is 17.2 Å². The van der Waals surface area contributed by atoms with Gasteiger partial charge in [-0.2, -0.15) is 0 Å². The summed E-state index contributed by atoms with van der Waals surface area (Å²) >= 11 is 10.8. The number of benzene rings is 2. The Labute approximate surface area is 133 Å². The summed E-state index contributed by atoms with van der Waals surface area (Å²) in [7, 11) is 0. The molecule has 2 N–H and O–H groups in total. The van der Waals surface area contributed by atoms with E-state index in [0.29, 0.717) is 16.3 Å². The Balaban J connectivity index is 2.25. The van der Waals surface area contributed by atoms with E-state index in [1.54, 1.807) is 18.2 Å². The largest absolute Gasteiger partial charge is 0.488 e. The van der Waals surface area contributed by atoms with Gasteiger partial charge >= 0.3 is 0 Å². The molecule has 0 fully saturated rings. The third kappa shape index (κ3) is 3.52. The number of nitrogens with two attached hydrogens (primary N) is 1. The topological polar surface area (TPSA) is 35.2 Å². The number of hydrogen-bond acceptors (Lipinski definition) is 2. The molecule has 0 heterocycles. The third-order valence-electron chi connectivity index (χ3n) is 3.14. The van der Waals surface area contributed by atoms with Gasteiger partial charge in [-0.05, 0) is 43.2 Å². The molecule has 21 heavy (non-hydrogen) atoms. The molecule has 0 aliphatic heterocycles.